The van der Waals surface area contributed by atoms with Crippen molar-refractivity contribution >= 4 is 17.8 Å². The van der Waals surface area contributed by atoms with Gasteiger partial charge in [-0.25, -0.2) is 19.7 Å². The van der Waals surface area contributed by atoms with Gasteiger partial charge in [-0.3, -0.25) is 9.59 Å². The zero-order chi connectivity index (χ0) is 27.4. The van der Waals surface area contributed by atoms with E-state index in [0.717, 1.165) is 6.26 Å². The maximum absolute atomic E-state index is 12.9. The number of nitrogens with zero attached hydrogens (tertiary/aromatic N) is 3. The maximum Gasteiger partial charge on any atom is 0.357 e. The summed E-state index contributed by atoms with van der Waals surface area (Å²) >= 11 is 0. The van der Waals surface area contributed by atoms with Crippen molar-refractivity contribution in [2.24, 2.45) is 23.5 Å². The van der Waals surface area contributed by atoms with E-state index in [9.17, 15) is 14.4 Å². The third-order valence-electron chi connectivity index (χ3n) is 5.69. The van der Waals surface area contributed by atoms with Crippen LogP contribution in [0.2, 0.25) is 0 Å². The van der Waals surface area contributed by atoms with Crippen molar-refractivity contribution in [3.05, 3.63) is 53.5 Å². The number of nitrogens with two attached hydrogens (primary N) is 1. The van der Waals surface area contributed by atoms with Crippen LogP contribution in [0.5, 0.6) is 0 Å². The number of carbonyl (C=O) groups is 3. The zero-order valence-electron chi connectivity index (χ0n) is 21.5. The van der Waals surface area contributed by atoms with Crippen LogP contribution in [0.25, 0.3) is 0 Å². The van der Waals surface area contributed by atoms with Gasteiger partial charge in [-0.2, -0.15) is 0 Å². The number of carboxylic acid groups (broad SMARTS) is 1. The number of hydrogen-bond donors (Lipinski definition) is 4. The fourth-order valence-corrected chi connectivity index (χ4v) is 3.35. The first-order valence-electron chi connectivity index (χ1n) is 11.9. The highest BCUT2D eigenvalue weighted by molar-refractivity contribution is 5.93. The van der Waals surface area contributed by atoms with E-state index in [-0.39, 0.29) is 52.5 Å². The van der Waals surface area contributed by atoms with Crippen LogP contribution in [0.1, 0.15) is 109 Å². The Labute approximate surface area is 213 Å². The van der Waals surface area contributed by atoms with Crippen molar-refractivity contribution in [3.8, 4) is 0 Å². The summed E-state index contributed by atoms with van der Waals surface area (Å²) in [5.74, 6) is -2.12. The molecule has 13 heteroatoms. The van der Waals surface area contributed by atoms with E-state index in [1.807, 2.05) is 41.5 Å². The van der Waals surface area contributed by atoms with Gasteiger partial charge in [0.2, 0.25) is 17.7 Å². The molecule has 0 saturated carbocycles. The first-order valence-corrected chi connectivity index (χ1v) is 11.9. The molecule has 3 unspecified atom stereocenters. The van der Waals surface area contributed by atoms with Crippen LogP contribution in [-0.2, 0) is 0 Å². The summed E-state index contributed by atoms with van der Waals surface area (Å²) in [5, 5.41) is 14.6. The average molecular weight is 517 g/mol. The van der Waals surface area contributed by atoms with Gasteiger partial charge in [0.05, 0.1) is 6.04 Å². The number of carbonyl (C=O) groups excluding carboxylic acids is 2. The lowest BCUT2D eigenvalue weighted by Crippen LogP contribution is -2.33. The van der Waals surface area contributed by atoms with Crippen LogP contribution in [0.3, 0.4) is 0 Å². The lowest BCUT2D eigenvalue weighted by atomic mass is 10.0. The van der Waals surface area contributed by atoms with Crippen molar-refractivity contribution in [2.75, 3.05) is 0 Å². The molecule has 0 aliphatic heterocycles. The maximum atomic E-state index is 12.9. The van der Waals surface area contributed by atoms with E-state index in [4.69, 9.17) is 24.1 Å². The van der Waals surface area contributed by atoms with Crippen molar-refractivity contribution in [1.82, 2.24) is 25.6 Å². The van der Waals surface area contributed by atoms with E-state index < -0.39 is 35.9 Å². The molecule has 5 N–H and O–H groups in total. The van der Waals surface area contributed by atoms with E-state index in [2.05, 4.69) is 25.6 Å². The normalized spacial score (nSPS) is 14.1. The van der Waals surface area contributed by atoms with E-state index in [1.54, 1.807) is 0 Å². The van der Waals surface area contributed by atoms with Crippen molar-refractivity contribution in [3.63, 3.8) is 0 Å². The highest BCUT2D eigenvalue weighted by Gasteiger charge is 2.29. The monoisotopic (exact) mass is 516 g/mol. The van der Waals surface area contributed by atoms with Crippen LogP contribution in [0, 0.1) is 17.8 Å². The molecule has 0 aliphatic rings. The fourth-order valence-electron chi connectivity index (χ4n) is 3.35. The third-order valence-corrected chi connectivity index (χ3v) is 5.69. The summed E-state index contributed by atoms with van der Waals surface area (Å²) in [7, 11) is 0. The largest absolute Gasteiger partial charge is 0.476 e. The molecule has 0 saturated heterocycles. The second-order valence-electron chi connectivity index (χ2n) is 9.68. The molecular formula is C24H32N6O7. The summed E-state index contributed by atoms with van der Waals surface area (Å²) in [6.07, 6.45) is 3.43. The van der Waals surface area contributed by atoms with Crippen molar-refractivity contribution in [1.29, 1.82) is 0 Å². The third kappa shape index (κ3) is 6.42. The molecule has 0 aromatic carbocycles. The molecule has 3 aromatic heterocycles. The number of aromatic carboxylic acids is 1. The van der Waals surface area contributed by atoms with Crippen LogP contribution in [-0.4, -0.2) is 37.8 Å². The molecule has 0 spiro atoms. The predicted octanol–water partition coefficient (Wildman–Crippen LogP) is 3.26. The zero-order valence-corrected chi connectivity index (χ0v) is 21.5. The van der Waals surface area contributed by atoms with E-state index in [0.29, 0.717) is 0 Å². The Morgan fingerprint density at radius 2 is 1.08 bits per heavy atom. The topological polar surface area (TPSA) is 200 Å². The van der Waals surface area contributed by atoms with Gasteiger partial charge >= 0.3 is 5.97 Å². The van der Waals surface area contributed by atoms with Crippen LogP contribution in [0.15, 0.2) is 32.0 Å². The Kier molecular flexibility index (Phi) is 8.48. The second kappa shape index (κ2) is 11.4. The molecule has 0 bridgehead atoms. The van der Waals surface area contributed by atoms with Gasteiger partial charge < -0.3 is 34.7 Å². The summed E-state index contributed by atoms with van der Waals surface area (Å²) in [6.45, 7) is 11.2. The van der Waals surface area contributed by atoms with Gasteiger partial charge in [-0.05, 0) is 17.8 Å². The average Bonchev–Trinajstić information content (AvgIpc) is 3.59. The molecule has 0 fully saturated rings. The van der Waals surface area contributed by atoms with Crippen LogP contribution in [0.4, 0.5) is 0 Å². The smallest absolute Gasteiger partial charge is 0.357 e. The molecule has 200 valence electrons. The highest BCUT2D eigenvalue weighted by atomic mass is 16.4. The Morgan fingerprint density at radius 1 is 0.703 bits per heavy atom. The SMILES string of the molecule is CC(C)C(N)c1nc(C(=O)NC(c2nc(C(=O)NC(c3nc(C(=O)O)co3)C(C)C)co2)C(C)C)co1. The van der Waals surface area contributed by atoms with Gasteiger partial charge in [0, 0.05) is 0 Å². The van der Waals surface area contributed by atoms with Gasteiger partial charge in [0.15, 0.2) is 17.1 Å². The molecule has 3 aromatic rings. The summed E-state index contributed by atoms with van der Waals surface area (Å²) in [6, 6.07) is -1.82. The lowest BCUT2D eigenvalue weighted by molar-refractivity contribution is 0.0690. The lowest BCUT2D eigenvalue weighted by Gasteiger charge is -2.19. The molecule has 0 radical (unpaired) electrons. The molecule has 0 aliphatic carbocycles. The van der Waals surface area contributed by atoms with Crippen LogP contribution < -0.4 is 16.4 Å². The Morgan fingerprint density at radius 3 is 1.46 bits per heavy atom. The molecular weight excluding hydrogens is 484 g/mol. The first-order chi connectivity index (χ1) is 17.4. The molecule has 3 heterocycles. The standard InChI is InChI=1S/C24H32N6O7/c1-10(2)16(25)21-26-13(7-35-21)19(31)29-17(11(3)4)22-27-14(8-36-22)20(32)30-18(12(5)6)23-28-15(9-37-23)24(33)34/h7-12,16-18H,25H2,1-6H3,(H,29,31)(H,30,32)(H,33,34). The minimum atomic E-state index is -1.24. The number of carboxylic acids is 1. The predicted molar refractivity (Wildman–Crippen MR) is 128 cm³/mol. The number of nitrogens with one attached hydrogen (secondary N) is 2. The minimum Gasteiger partial charge on any atom is -0.476 e. The minimum absolute atomic E-state index is 0.0304. The molecule has 3 atom stereocenters. The fraction of sp³-hybridized carbons (Fsp3) is 0.500. The Balaban J connectivity index is 1.73. The molecule has 3 rings (SSSR count). The quantitative estimate of drug-likeness (QED) is 0.291. The highest BCUT2D eigenvalue weighted by Crippen LogP contribution is 2.25. The van der Waals surface area contributed by atoms with Crippen molar-refractivity contribution in [2.45, 2.75) is 59.7 Å². The van der Waals surface area contributed by atoms with Crippen LogP contribution >= 0.6 is 0 Å². The molecule has 2 amide bonds. The van der Waals surface area contributed by atoms with Gasteiger partial charge in [-0.1, -0.05) is 41.5 Å². The second-order valence-corrected chi connectivity index (χ2v) is 9.68. The first kappa shape index (κ1) is 27.6. The van der Waals surface area contributed by atoms with E-state index in [1.165, 1.54) is 12.5 Å². The number of oxazole rings is 3. The number of amides is 2. The molecule has 37 heavy (non-hydrogen) atoms. The summed E-state index contributed by atoms with van der Waals surface area (Å²) < 4.78 is 16.2. The summed E-state index contributed by atoms with van der Waals surface area (Å²) in [4.78, 5) is 49.2. The Bertz CT molecular complexity index is 1240. The van der Waals surface area contributed by atoms with Crippen molar-refractivity contribution < 1.29 is 32.7 Å². The number of aromatic nitrogens is 3. The van der Waals surface area contributed by atoms with E-state index >= 15 is 0 Å². The number of hydrogen-bond acceptors (Lipinski definition) is 10. The Hall–Kier alpha value is -4.00. The summed E-state index contributed by atoms with van der Waals surface area (Å²) in [5.41, 5.74) is 5.81. The van der Waals surface area contributed by atoms with Gasteiger partial charge in [-0.15, -0.1) is 0 Å². The number of rotatable bonds is 11. The van der Waals surface area contributed by atoms with Gasteiger partial charge in [0.1, 0.15) is 30.9 Å². The van der Waals surface area contributed by atoms with Gasteiger partial charge in [0.25, 0.3) is 11.8 Å². The molecule has 13 nitrogen and oxygen atoms in total.